The van der Waals surface area contributed by atoms with Gasteiger partial charge in [0.25, 0.3) is 0 Å². The van der Waals surface area contributed by atoms with Gasteiger partial charge in [-0.25, -0.2) is 4.79 Å². The Labute approximate surface area is 167 Å². The molecule has 3 amide bonds. The monoisotopic (exact) mass is 412 g/mol. The summed E-state index contributed by atoms with van der Waals surface area (Å²) in [6.07, 6.45) is 0.0836. The smallest absolute Gasteiger partial charge is 0.328 e. The van der Waals surface area contributed by atoms with Crippen molar-refractivity contribution >= 4 is 36.3 Å². The van der Waals surface area contributed by atoms with Crippen molar-refractivity contribution in [1.82, 2.24) is 16.0 Å². The second kappa shape index (κ2) is 12.0. The van der Waals surface area contributed by atoms with Gasteiger partial charge < -0.3 is 31.9 Å². The second-order valence-corrected chi connectivity index (χ2v) is 6.26. The van der Waals surface area contributed by atoms with Crippen LogP contribution in [-0.2, 0) is 25.6 Å². The fourth-order valence-corrected chi connectivity index (χ4v) is 2.31. The fourth-order valence-electron chi connectivity index (χ4n) is 2.14. The highest BCUT2D eigenvalue weighted by atomic mass is 32.1. The third-order valence-electron chi connectivity index (χ3n) is 3.69. The number of aliphatic carboxylic acids is 1. The summed E-state index contributed by atoms with van der Waals surface area (Å²) in [5.74, 6) is -3.32. The predicted molar refractivity (Wildman–Crippen MR) is 104 cm³/mol. The van der Waals surface area contributed by atoms with Gasteiger partial charge in [-0.1, -0.05) is 30.3 Å². The standard InChI is InChI=1S/C17H24N4O6S/c18-11(9-28)15(24)19-7-14(23)20-12(6-10-4-2-1-3-5-10)16(25)21-13(8-22)17(26)27/h1-5,11-13,22,28H,6-9,18H2,(H,19,24)(H,20,23)(H,21,25)(H,26,27). The Kier molecular flexibility index (Phi) is 9.99. The second-order valence-electron chi connectivity index (χ2n) is 5.90. The van der Waals surface area contributed by atoms with E-state index in [1.165, 1.54) is 0 Å². The number of carbonyl (C=O) groups excluding carboxylic acids is 3. The summed E-state index contributed by atoms with van der Waals surface area (Å²) in [6.45, 7) is -1.22. The number of hydrogen-bond acceptors (Lipinski definition) is 7. The van der Waals surface area contributed by atoms with E-state index in [0.29, 0.717) is 0 Å². The molecule has 0 saturated carbocycles. The van der Waals surface area contributed by atoms with Crippen molar-refractivity contribution in [3.8, 4) is 0 Å². The first-order chi connectivity index (χ1) is 13.3. The highest BCUT2D eigenvalue weighted by Crippen LogP contribution is 2.04. The molecule has 0 heterocycles. The molecule has 0 bridgehead atoms. The van der Waals surface area contributed by atoms with Crippen LogP contribution in [0.15, 0.2) is 30.3 Å². The molecule has 3 atom stereocenters. The highest BCUT2D eigenvalue weighted by Gasteiger charge is 2.26. The minimum atomic E-state index is -1.50. The summed E-state index contributed by atoms with van der Waals surface area (Å²) in [6, 6.07) is 5.26. The fraction of sp³-hybridized carbons (Fsp3) is 0.412. The van der Waals surface area contributed by atoms with Gasteiger partial charge in [0.05, 0.1) is 19.2 Å². The molecular formula is C17H24N4O6S. The van der Waals surface area contributed by atoms with Gasteiger partial charge in [0.2, 0.25) is 17.7 Å². The summed E-state index contributed by atoms with van der Waals surface area (Å²) >= 11 is 3.89. The van der Waals surface area contributed by atoms with E-state index in [-0.39, 0.29) is 12.2 Å². The van der Waals surface area contributed by atoms with Crippen molar-refractivity contribution < 1.29 is 29.4 Å². The SMILES string of the molecule is NC(CS)C(=O)NCC(=O)NC(Cc1ccccc1)C(=O)NC(CO)C(=O)O. The number of hydrogen-bond donors (Lipinski definition) is 7. The van der Waals surface area contributed by atoms with E-state index in [4.69, 9.17) is 15.9 Å². The van der Waals surface area contributed by atoms with E-state index in [2.05, 4.69) is 28.6 Å². The lowest BCUT2D eigenvalue weighted by molar-refractivity contribution is -0.143. The lowest BCUT2D eigenvalue weighted by Crippen LogP contribution is -2.55. The summed E-state index contributed by atoms with van der Waals surface area (Å²) in [7, 11) is 0. The zero-order valence-corrected chi connectivity index (χ0v) is 15.9. The van der Waals surface area contributed by atoms with Gasteiger partial charge in [-0.05, 0) is 5.56 Å². The van der Waals surface area contributed by atoms with Crippen LogP contribution >= 0.6 is 12.6 Å². The molecular weight excluding hydrogens is 388 g/mol. The van der Waals surface area contributed by atoms with Crippen molar-refractivity contribution in [2.24, 2.45) is 5.73 Å². The Morgan fingerprint density at radius 2 is 1.68 bits per heavy atom. The van der Waals surface area contributed by atoms with Crippen LogP contribution in [0.1, 0.15) is 5.56 Å². The number of aliphatic hydroxyl groups is 1. The number of nitrogens with two attached hydrogens (primary N) is 1. The van der Waals surface area contributed by atoms with Crippen LogP contribution in [-0.4, -0.2) is 70.9 Å². The number of nitrogens with one attached hydrogen (secondary N) is 3. The molecule has 1 rings (SSSR count). The van der Waals surface area contributed by atoms with E-state index in [0.717, 1.165) is 5.56 Å². The van der Waals surface area contributed by atoms with Crippen LogP contribution in [0.5, 0.6) is 0 Å². The number of aliphatic hydroxyl groups excluding tert-OH is 1. The van der Waals surface area contributed by atoms with Gasteiger partial charge in [0.1, 0.15) is 12.1 Å². The predicted octanol–water partition coefficient (Wildman–Crippen LogP) is -2.35. The van der Waals surface area contributed by atoms with E-state index in [9.17, 15) is 19.2 Å². The molecule has 10 nitrogen and oxygen atoms in total. The van der Waals surface area contributed by atoms with Gasteiger partial charge in [-0.15, -0.1) is 0 Å². The van der Waals surface area contributed by atoms with Gasteiger partial charge in [0, 0.05) is 12.2 Å². The third kappa shape index (κ3) is 7.94. The number of amides is 3. The number of carboxylic acid groups (broad SMARTS) is 1. The van der Waals surface area contributed by atoms with E-state index < -0.39 is 55.0 Å². The summed E-state index contributed by atoms with van der Waals surface area (Å²) in [5, 5.41) is 25.0. The molecule has 0 aliphatic heterocycles. The molecule has 3 unspecified atom stereocenters. The van der Waals surface area contributed by atoms with E-state index >= 15 is 0 Å². The molecule has 1 aromatic carbocycles. The number of carboxylic acids is 1. The van der Waals surface area contributed by atoms with Crippen LogP contribution in [0.3, 0.4) is 0 Å². The topological polar surface area (TPSA) is 171 Å². The summed E-state index contributed by atoms with van der Waals surface area (Å²) < 4.78 is 0. The van der Waals surface area contributed by atoms with Crippen LogP contribution in [0, 0.1) is 0 Å². The Bertz CT molecular complexity index is 687. The van der Waals surface area contributed by atoms with Gasteiger partial charge in [-0.2, -0.15) is 12.6 Å². The largest absolute Gasteiger partial charge is 0.480 e. The molecule has 154 valence electrons. The highest BCUT2D eigenvalue weighted by molar-refractivity contribution is 7.80. The maximum absolute atomic E-state index is 12.4. The molecule has 11 heteroatoms. The molecule has 0 aliphatic carbocycles. The van der Waals surface area contributed by atoms with Crippen LogP contribution in [0.25, 0.3) is 0 Å². The van der Waals surface area contributed by atoms with Crippen molar-refractivity contribution in [3.63, 3.8) is 0 Å². The Balaban J connectivity index is 2.79. The zero-order valence-electron chi connectivity index (χ0n) is 15.0. The number of benzene rings is 1. The Morgan fingerprint density at radius 1 is 1.04 bits per heavy atom. The molecule has 0 radical (unpaired) electrons. The van der Waals surface area contributed by atoms with Crippen molar-refractivity contribution in [2.45, 2.75) is 24.5 Å². The average molecular weight is 412 g/mol. The quantitative estimate of drug-likeness (QED) is 0.199. The van der Waals surface area contributed by atoms with Gasteiger partial charge in [0.15, 0.2) is 0 Å². The third-order valence-corrected chi connectivity index (χ3v) is 4.08. The average Bonchev–Trinajstić information content (AvgIpc) is 2.69. The first-order valence-electron chi connectivity index (χ1n) is 8.40. The maximum Gasteiger partial charge on any atom is 0.328 e. The lowest BCUT2D eigenvalue weighted by atomic mass is 10.0. The summed E-state index contributed by atoms with van der Waals surface area (Å²) in [4.78, 5) is 47.2. The first kappa shape index (κ1) is 23.4. The molecule has 7 N–H and O–H groups in total. The van der Waals surface area contributed by atoms with Crippen LogP contribution in [0.4, 0.5) is 0 Å². The minimum Gasteiger partial charge on any atom is -0.480 e. The minimum absolute atomic E-state index is 0.0836. The molecule has 0 saturated heterocycles. The van der Waals surface area contributed by atoms with Gasteiger partial charge in [-0.3, -0.25) is 14.4 Å². The number of carbonyl (C=O) groups is 4. The molecule has 0 aliphatic rings. The lowest BCUT2D eigenvalue weighted by Gasteiger charge is -2.21. The molecule has 0 aromatic heterocycles. The zero-order chi connectivity index (χ0) is 21.1. The van der Waals surface area contributed by atoms with Crippen molar-refractivity contribution in [2.75, 3.05) is 18.9 Å². The van der Waals surface area contributed by atoms with Crippen molar-refractivity contribution in [3.05, 3.63) is 35.9 Å². The Hall–Kier alpha value is -2.63. The van der Waals surface area contributed by atoms with Gasteiger partial charge >= 0.3 is 5.97 Å². The molecule has 0 spiro atoms. The summed E-state index contributed by atoms with van der Waals surface area (Å²) in [5.41, 5.74) is 6.21. The maximum atomic E-state index is 12.4. The number of thiol groups is 1. The number of rotatable bonds is 11. The molecule has 1 aromatic rings. The first-order valence-corrected chi connectivity index (χ1v) is 9.03. The van der Waals surface area contributed by atoms with E-state index in [1.807, 2.05) is 0 Å². The van der Waals surface area contributed by atoms with Crippen LogP contribution < -0.4 is 21.7 Å². The molecule has 28 heavy (non-hydrogen) atoms. The van der Waals surface area contributed by atoms with Crippen LogP contribution in [0.2, 0.25) is 0 Å². The normalized spacial score (nSPS) is 13.7. The van der Waals surface area contributed by atoms with Crippen molar-refractivity contribution in [1.29, 1.82) is 0 Å². The Morgan fingerprint density at radius 3 is 2.21 bits per heavy atom. The van der Waals surface area contributed by atoms with E-state index in [1.54, 1.807) is 30.3 Å². The molecule has 0 fully saturated rings.